The molecule has 1 aliphatic carbocycles. The van der Waals surface area contributed by atoms with Gasteiger partial charge in [-0.1, -0.05) is 23.5 Å². The molecule has 1 N–H and O–H groups in total. The van der Waals surface area contributed by atoms with Crippen LogP contribution in [0.5, 0.6) is 0 Å². The maximum Gasteiger partial charge on any atom is 0.230 e. The van der Waals surface area contributed by atoms with Gasteiger partial charge < -0.3 is 5.32 Å². The number of nitrogens with zero attached hydrogens (tertiary/aromatic N) is 4. The Morgan fingerprint density at radius 2 is 2.09 bits per heavy atom. The second-order valence-electron chi connectivity index (χ2n) is 5.56. The number of anilines is 1. The number of aromatic nitrogens is 4. The van der Waals surface area contributed by atoms with E-state index in [9.17, 15) is 4.79 Å². The third kappa shape index (κ3) is 3.29. The molecule has 0 atom stereocenters. The summed E-state index contributed by atoms with van der Waals surface area (Å²) in [4.78, 5) is 12.1. The van der Waals surface area contributed by atoms with E-state index in [1.54, 1.807) is 10.9 Å². The molecule has 2 aromatic heterocycles. The van der Waals surface area contributed by atoms with Crippen molar-refractivity contribution >= 4 is 22.4 Å². The van der Waals surface area contributed by atoms with Gasteiger partial charge in [-0.15, -0.1) is 10.2 Å². The Morgan fingerprint density at radius 1 is 1.26 bits per heavy atom. The van der Waals surface area contributed by atoms with E-state index in [1.807, 2.05) is 36.5 Å². The van der Waals surface area contributed by atoms with Crippen LogP contribution >= 0.6 is 11.3 Å². The lowest BCUT2D eigenvalue weighted by Crippen LogP contribution is -2.14. The third-order valence-electron chi connectivity index (χ3n) is 3.68. The molecule has 0 bridgehead atoms. The second kappa shape index (κ2) is 5.92. The van der Waals surface area contributed by atoms with Gasteiger partial charge in [0.15, 0.2) is 0 Å². The van der Waals surface area contributed by atoms with E-state index in [0.29, 0.717) is 17.5 Å². The van der Waals surface area contributed by atoms with Gasteiger partial charge >= 0.3 is 0 Å². The summed E-state index contributed by atoms with van der Waals surface area (Å²) in [5.74, 6) is 0.489. The van der Waals surface area contributed by atoms with Gasteiger partial charge in [0.05, 0.1) is 12.1 Å². The van der Waals surface area contributed by atoms with Crippen molar-refractivity contribution in [2.45, 2.75) is 25.2 Å². The fourth-order valence-corrected chi connectivity index (χ4v) is 3.25. The van der Waals surface area contributed by atoms with Crippen molar-refractivity contribution in [1.82, 2.24) is 20.0 Å². The second-order valence-corrected chi connectivity index (χ2v) is 6.57. The van der Waals surface area contributed by atoms with Gasteiger partial charge in [0.25, 0.3) is 0 Å². The average Bonchev–Trinajstić information content (AvgIpc) is 3.07. The first-order valence-corrected chi connectivity index (χ1v) is 8.32. The first-order valence-electron chi connectivity index (χ1n) is 7.50. The van der Waals surface area contributed by atoms with Crippen molar-refractivity contribution < 1.29 is 4.79 Å². The summed E-state index contributed by atoms with van der Waals surface area (Å²) in [7, 11) is 0. The fourth-order valence-electron chi connectivity index (χ4n) is 2.32. The van der Waals surface area contributed by atoms with E-state index in [4.69, 9.17) is 0 Å². The zero-order valence-corrected chi connectivity index (χ0v) is 13.2. The van der Waals surface area contributed by atoms with E-state index < -0.39 is 0 Å². The summed E-state index contributed by atoms with van der Waals surface area (Å²) in [6, 6.07) is 9.65. The summed E-state index contributed by atoms with van der Waals surface area (Å²) in [5, 5.41) is 16.8. The monoisotopic (exact) mass is 325 g/mol. The van der Waals surface area contributed by atoms with Gasteiger partial charge in [-0.05, 0) is 36.6 Å². The van der Waals surface area contributed by atoms with Gasteiger partial charge in [0, 0.05) is 18.3 Å². The summed E-state index contributed by atoms with van der Waals surface area (Å²) in [6.45, 7) is 0. The molecule has 7 heteroatoms. The summed E-state index contributed by atoms with van der Waals surface area (Å²) in [6.07, 6.45) is 6.31. The highest BCUT2D eigenvalue weighted by molar-refractivity contribution is 7.15. The minimum Gasteiger partial charge on any atom is -0.300 e. The summed E-state index contributed by atoms with van der Waals surface area (Å²) in [5.41, 5.74) is 1.92. The van der Waals surface area contributed by atoms with Gasteiger partial charge in [-0.3, -0.25) is 4.79 Å². The van der Waals surface area contributed by atoms with Crippen molar-refractivity contribution in [2.24, 2.45) is 0 Å². The van der Waals surface area contributed by atoms with Crippen LogP contribution in [0.4, 0.5) is 5.13 Å². The predicted molar refractivity (Wildman–Crippen MR) is 87.8 cm³/mol. The van der Waals surface area contributed by atoms with E-state index in [0.717, 1.165) is 16.3 Å². The predicted octanol–water partition coefficient (Wildman–Crippen LogP) is 2.78. The number of amides is 1. The van der Waals surface area contributed by atoms with Crippen molar-refractivity contribution in [3.63, 3.8) is 0 Å². The Morgan fingerprint density at radius 3 is 2.78 bits per heavy atom. The molecule has 1 fully saturated rings. The molecule has 1 aromatic carbocycles. The fraction of sp³-hybridized carbons (Fsp3) is 0.250. The standard InChI is InChI=1S/C16H15N5OS/c22-14(18-16-20-19-15(23-16)12-4-5-12)10-11-2-6-13(7-3-11)21-9-1-8-17-21/h1-3,6-9,12H,4-5,10H2,(H,18,20,22). The number of hydrogen-bond acceptors (Lipinski definition) is 5. The molecule has 0 unspecified atom stereocenters. The lowest BCUT2D eigenvalue weighted by molar-refractivity contribution is -0.115. The van der Waals surface area contributed by atoms with Crippen molar-refractivity contribution in [1.29, 1.82) is 0 Å². The maximum atomic E-state index is 12.1. The highest BCUT2D eigenvalue weighted by Crippen LogP contribution is 2.42. The van der Waals surface area contributed by atoms with Crippen LogP contribution in [0.2, 0.25) is 0 Å². The minimum atomic E-state index is -0.0738. The van der Waals surface area contributed by atoms with Crippen molar-refractivity contribution in [2.75, 3.05) is 5.32 Å². The van der Waals surface area contributed by atoms with Gasteiger partial charge in [-0.25, -0.2) is 4.68 Å². The molecule has 3 aromatic rings. The quantitative estimate of drug-likeness (QED) is 0.783. The molecule has 116 valence electrons. The van der Waals surface area contributed by atoms with Gasteiger partial charge in [0.1, 0.15) is 5.01 Å². The largest absolute Gasteiger partial charge is 0.300 e. The SMILES string of the molecule is O=C(Cc1ccc(-n2cccn2)cc1)Nc1nnc(C2CC2)s1. The Bertz CT molecular complexity index is 805. The number of rotatable bonds is 5. The van der Waals surface area contributed by atoms with Crippen LogP contribution in [0.25, 0.3) is 5.69 Å². The van der Waals surface area contributed by atoms with Gasteiger partial charge in [0.2, 0.25) is 11.0 Å². The molecule has 1 saturated carbocycles. The van der Waals surface area contributed by atoms with Crippen LogP contribution in [0.15, 0.2) is 42.7 Å². The van der Waals surface area contributed by atoms with Crippen LogP contribution in [0, 0.1) is 0 Å². The number of carbonyl (C=O) groups is 1. The molecule has 0 radical (unpaired) electrons. The van der Waals surface area contributed by atoms with E-state index in [1.165, 1.54) is 24.2 Å². The number of hydrogen-bond donors (Lipinski definition) is 1. The molecule has 0 saturated heterocycles. The van der Waals surface area contributed by atoms with Crippen molar-refractivity contribution in [3.8, 4) is 5.69 Å². The first-order chi connectivity index (χ1) is 11.3. The molecule has 4 rings (SSSR count). The smallest absolute Gasteiger partial charge is 0.230 e. The molecule has 0 spiro atoms. The summed E-state index contributed by atoms with van der Waals surface area (Å²) < 4.78 is 1.78. The molecule has 2 heterocycles. The normalized spacial score (nSPS) is 13.9. The van der Waals surface area contributed by atoms with Crippen molar-refractivity contribution in [3.05, 3.63) is 53.3 Å². The van der Waals surface area contributed by atoms with Crippen LogP contribution in [-0.2, 0) is 11.2 Å². The van der Waals surface area contributed by atoms with E-state index >= 15 is 0 Å². The van der Waals surface area contributed by atoms with Crippen LogP contribution in [0.1, 0.15) is 29.3 Å². The van der Waals surface area contributed by atoms with Crippen LogP contribution in [0.3, 0.4) is 0 Å². The third-order valence-corrected chi connectivity index (χ3v) is 4.68. The molecular formula is C16H15N5OS. The van der Waals surface area contributed by atoms with Gasteiger partial charge in [-0.2, -0.15) is 5.10 Å². The number of nitrogens with one attached hydrogen (secondary N) is 1. The van der Waals surface area contributed by atoms with Crippen LogP contribution < -0.4 is 5.32 Å². The van der Waals surface area contributed by atoms with E-state index in [2.05, 4.69) is 20.6 Å². The Kier molecular flexibility index (Phi) is 3.63. The maximum absolute atomic E-state index is 12.1. The van der Waals surface area contributed by atoms with Crippen LogP contribution in [-0.4, -0.2) is 25.9 Å². The summed E-state index contributed by atoms with van der Waals surface area (Å²) >= 11 is 1.48. The lowest BCUT2D eigenvalue weighted by atomic mass is 10.1. The Labute approximate surface area is 137 Å². The Hall–Kier alpha value is -2.54. The molecule has 23 heavy (non-hydrogen) atoms. The highest BCUT2D eigenvalue weighted by Gasteiger charge is 2.27. The highest BCUT2D eigenvalue weighted by atomic mass is 32.1. The number of carbonyl (C=O) groups excluding carboxylic acids is 1. The molecule has 1 aliphatic rings. The molecule has 1 amide bonds. The topological polar surface area (TPSA) is 72.7 Å². The number of benzene rings is 1. The molecule has 0 aliphatic heterocycles. The zero-order valence-electron chi connectivity index (χ0n) is 12.3. The zero-order chi connectivity index (χ0) is 15.6. The average molecular weight is 325 g/mol. The Balaban J connectivity index is 1.37. The van der Waals surface area contributed by atoms with E-state index in [-0.39, 0.29) is 5.91 Å². The molecule has 6 nitrogen and oxygen atoms in total. The lowest BCUT2D eigenvalue weighted by Gasteiger charge is -2.04. The minimum absolute atomic E-state index is 0.0738. The first kappa shape index (κ1) is 14.1. The molecular weight excluding hydrogens is 310 g/mol.